The predicted octanol–water partition coefficient (Wildman–Crippen LogP) is 2.34. The molecule has 172 valence electrons. The lowest BCUT2D eigenvalue weighted by Gasteiger charge is -2.18. The number of benzene rings is 2. The first-order chi connectivity index (χ1) is 15.5. The average Bonchev–Trinajstić information content (AvgIpc) is 2.81. The molecule has 2 amide bonds. The lowest BCUT2D eigenvalue weighted by molar-refractivity contribution is -0.145. The number of aliphatic hydroxyl groups excluding tert-OH is 1. The Morgan fingerprint density at radius 3 is 2.22 bits per heavy atom. The Morgan fingerprint density at radius 1 is 0.969 bits per heavy atom. The van der Waals surface area contributed by atoms with Crippen molar-refractivity contribution < 1.29 is 29.0 Å². The molecule has 2 aromatic rings. The van der Waals surface area contributed by atoms with E-state index in [1.165, 1.54) is 7.11 Å². The summed E-state index contributed by atoms with van der Waals surface area (Å²) in [6.45, 7) is -0.0506. The van der Waals surface area contributed by atoms with Crippen molar-refractivity contribution in [3.05, 3.63) is 71.8 Å². The predicted molar refractivity (Wildman–Crippen MR) is 119 cm³/mol. The number of methoxy groups -OCH3 is 1. The van der Waals surface area contributed by atoms with Gasteiger partial charge in [0.05, 0.1) is 19.6 Å². The molecule has 0 aromatic heterocycles. The smallest absolute Gasteiger partial charge is 0.407 e. The van der Waals surface area contributed by atoms with Crippen LogP contribution in [-0.4, -0.2) is 48.9 Å². The molecule has 0 aliphatic rings. The van der Waals surface area contributed by atoms with Crippen molar-refractivity contribution in [2.75, 3.05) is 13.7 Å². The molecule has 0 radical (unpaired) electrons. The maximum atomic E-state index is 12.2. The van der Waals surface area contributed by atoms with Crippen molar-refractivity contribution in [2.45, 2.75) is 44.4 Å². The van der Waals surface area contributed by atoms with Crippen molar-refractivity contribution >= 4 is 18.0 Å². The number of hydrogen-bond acceptors (Lipinski definition) is 6. The number of aryl methyl sites for hydroxylation is 1. The monoisotopic (exact) mass is 442 g/mol. The fourth-order valence-corrected chi connectivity index (χ4v) is 3.06. The molecule has 0 heterocycles. The van der Waals surface area contributed by atoms with Crippen LogP contribution in [0.5, 0.6) is 0 Å². The lowest BCUT2D eigenvalue weighted by atomic mass is 10.0. The lowest BCUT2D eigenvalue weighted by Crippen LogP contribution is -2.43. The Bertz CT molecular complexity index is 844. The maximum absolute atomic E-state index is 12.2. The van der Waals surface area contributed by atoms with Gasteiger partial charge in [0.2, 0.25) is 5.91 Å². The summed E-state index contributed by atoms with van der Waals surface area (Å²) in [5, 5.41) is 15.1. The van der Waals surface area contributed by atoms with Crippen LogP contribution in [0.2, 0.25) is 0 Å². The van der Waals surface area contributed by atoms with Crippen molar-refractivity contribution in [2.24, 2.45) is 0 Å². The first-order valence-corrected chi connectivity index (χ1v) is 10.5. The number of ether oxygens (including phenoxy) is 2. The highest BCUT2D eigenvalue weighted by Gasteiger charge is 2.22. The van der Waals surface area contributed by atoms with Gasteiger partial charge in [-0.05, 0) is 30.4 Å². The van der Waals surface area contributed by atoms with Crippen LogP contribution < -0.4 is 10.6 Å². The van der Waals surface area contributed by atoms with E-state index in [-0.39, 0.29) is 19.6 Å². The molecule has 0 unspecified atom stereocenters. The molecule has 0 spiro atoms. The maximum Gasteiger partial charge on any atom is 0.407 e. The van der Waals surface area contributed by atoms with Crippen molar-refractivity contribution in [1.82, 2.24) is 10.6 Å². The van der Waals surface area contributed by atoms with Gasteiger partial charge in [0.25, 0.3) is 0 Å². The van der Waals surface area contributed by atoms with Gasteiger partial charge in [-0.3, -0.25) is 4.79 Å². The Morgan fingerprint density at radius 2 is 1.59 bits per heavy atom. The number of carbonyl (C=O) groups is 3. The molecule has 0 saturated carbocycles. The topological polar surface area (TPSA) is 114 Å². The molecule has 2 rings (SSSR count). The molecule has 32 heavy (non-hydrogen) atoms. The normalized spacial score (nSPS) is 12.3. The van der Waals surface area contributed by atoms with Crippen LogP contribution >= 0.6 is 0 Å². The second kappa shape index (κ2) is 13.8. The molecule has 0 aliphatic carbocycles. The van der Waals surface area contributed by atoms with Crippen molar-refractivity contribution in [3.8, 4) is 0 Å². The van der Waals surface area contributed by atoms with Gasteiger partial charge >= 0.3 is 12.1 Å². The van der Waals surface area contributed by atoms with E-state index in [2.05, 4.69) is 10.6 Å². The second-order valence-electron chi connectivity index (χ2n) is 7.32. The number of carbonyl (C=O) groups excluding carboxylic acids is 3. The molecule has 0 saturated heterocycles. The van der Waals surface area contributed by atoms with Gasteiger partial charge < -0.3 is 25.2 Å². The first kappa shape index (κ1) is 24.9. The quantitative estimate of drug-likeness (QED) is 0.435. The van der Waals surface area contributed by atoms with E-state index >= 15 is 0 Å². The zero-order valence-electron chi connectivity index (χ0n) is 18.2. The molecule has 3 N–H and O–H groups in total. The van der Waals surface area contributed by atoms with Crippen LogP contribution in [0.3, 0.4) is 0 Å². The molecule has 8 heteroatoms. The SMILES string of the molecule is COC(=O)[C@@H](CCCc1ccccc1)NC(=O)C[C@H](O)CNC(=O)OCc1ccccc1. The van der Waals surface area contributed by atoms with E-state index in [4.69, 9.17) is 9.47 Å². The van der Waals surface area contributed by atoms with E-state index in [0.29, 0.717) is 12.8 Å². The minimum absolute atomic E-state index is 0.104. The van der Waals surface area contributed by atoms with Crippen LogP contribution in [0.4, 0.5) is 4.79 Å². The number of amides is 2. The Balaban J connectivity index is 1.69. The molecular formula is C24H30N2O6. The molecule has 0 fully saturated rings. The highest BCUT2D eigenvalue weighted by Crippen LogP contribution is 2.08. The van der Waals surface area contributed by atoms with E-state index < -0.39 is 30.1 Å². The second-order valence-corrected chi connectivity index (χ2v) is 7.32. The minimum Gasteiger partial charge on any atom is -0.467 e. The summed E-state index contributed by atoms with van der Waals surface area (Å²) in [7, 11) is 1.26. The van der Waals surface area contributed by atoms with Gasteiger partial charge in [-0.25, -0.2) is 9.59 Å². The van der Waals surface area contributed by atoms with E-state index in [1.807, 2.05) is 60.7 Å². The summed E-state index contributed by atoms with van der Waals surface area (Å²) in [5.74, 6) is -1.05. The third-order valence-electron chi connectivity index (χ3n) is 4.74. The highest BCUT2D eigenvalue weighted by atomic mass is 16.5. The fourth-order valence-electron chi connectivity index (χ4n) is 3.06. The van der Waals surface area contributed by atoms with Gasteiger partial charge in [-0.15, -0.1) is 0 Å². The minimum atomic E-state index is -1.12. The Kier molecular flexibility index (Phi) is 10.7. The summed E-state index contributed by atoms with van der Waals surface area (Å²) in [4.78, 5) is 36.0. The summed E-state index contributed by atoms with van der Waals surface area (Å²) < 4.78 is 9.83. The van der Waals surface area contributed by atoms with E-state index in [0.717, 1.165) is 17.5 Å². The molecule has 2 atom stereocenters. The van der Waals surface area contributed by atoms with Crippen molar-refractivity contribution in [3.63, 3.8) is 0 Å². The molecule has 0 aliphatic heterocycles. The Hall–Kier alpha value is -3.39. The first-order valence-electron chi connectivity index (χ1n) is 10.5. The van der Waals surface area contributed by atoms with Gasteiger partial charge in [-0.2, -0.15) is 0 Å². The fraction of sp³-hybridized carbons (Fsp3) is 0.375. The third kappa shape index (κ3) is 9.61. The number of rotatable bonds is 12. The zero-order chi connectivity index (χ0) is 23.2. The summed E-state index contributed by atoms with van der Waals surface area (Å²) in [6, 6.07) is 18.2. The highest BCUT2D eigenvalue weighted by molar-refractivity contribution is 5.84. The standard InChI is InChI=1S/C24H30N2O6/c1-31-23(29)21(14-8-13-18-9-4-2-5-10-18)26-22(28)15-20(27)16-25-24(30)32-17-19-11-6-3-7-12-19/h2-7,9-12,20-21,27H,8,13-17H2,1H3,(H,25,30)(H,26,28)/t20-,21+/m0/s1. The molecule has 0 bridgehead atoms. The average molecular weight is 443 g/mol. The summed E-state index contributed by atoms with van der Waals surface area (Å²) >= 11 is 0. The van der Waals surface area contributed by atoms with Crippen LogP contribution in [0, 0.1) is 0 Å². The van der Waals surface area contributed by atoms with Gasteiger partial charge in [-0.1, -0.05) is 60.7 Å². The number of hydrogen-bond donors (Lipinski definition) is 3. The van der Waals surface area contributed by atoms with E-state index in [1.54, 1.807) is 0 Å². The molecular weight excluding hydrogens is 412 g/mol. The summed E-state index contributed by atoms with van der Waals surface area (Å²) in [6.07, 6.45) is -0.231. The zero-order valence-corrected chi connectivity index (χ0v) is 18.2. The van der Waals surface area contributed by atoms with Crippen LogP contribution in [0.25, 0.3) is 0 Å². The number of nitrogens with one attached hydrogen (secondary N) is 2. The van der Waals surface area contributed by atoms with Crippen molar-refractivity contribution in [1.29, 1.82) is 0 Å². The van der Waals surface area contributed by atoms with Crippen LogP contribution in [-0.2, 0) is 32.1 Å². The van der Waals surface area contributed by atoms with Gasteiger partial charge in [0, 0.05) is 6.54 Å². The summed E-state index contributed by atoms with van der Waals surface area (Å²) in [5.41, 5.74) is 1.98. The number of aliphatic hydroxyl groups is 1. The Labute approximate surface area is 187 Å². The molecule has 2 aromatic carbocycles. The van der Waals surface area contributed by atoms with E-state index in [9.17, 15) is 19.5 Å². The van der Waals surface area contributed by atoms with Gasteiger partial charge in [0.1, 0.15) is 12.6 Å². The largest absolute Gasteiger partial charge is 0.467 e. The third-order valence-corrected chi connectivity index (χ3v) is 4.74. The molecule has 8 nitrogen and oxygen atoms in total. The van der Waals surface area contributed by atoms with Gasteiger partial charge in [0.15, 0.2) is 0 Å². The number of esters is 1. The number of alkyl carbamates (subject to hydrolysis) is 1. The van der Waals surface area contributed by atoms with Crippen LogP contribution in [0.15, 0.2) is 60.7 Å². The van der Waals surface area contributed by atoms with Crippen LogP contribution in [0.1, 0.15) is 30.4 Å².